The Balaban J connectivity index is 2.18. The van der Waals surface area contributed by atoms with E-state index in [0.29, 0.717) is 18.1 Å². The van der Waals surface area contributed by atoms with Crippen molar-refractivity contribution in [2.24, 2.45) is 0 Å². The first-order valence-electron chi connectivity index (χ1n) is 6.35. The number of fused-ring (bicyclic) bond motifs is 2. The molecule has 0 radical (unpaired) electrons. The third kappa shape index (κ3) is 2.36. The van der Waals surface area contributed by atoms with Gasteiger partial charge in [-0.2, -0.15) is 5.26 Å². The summed E-state index contributed by atoms with van der Waals surface area (Å²) in [5, 5.41) is 18.6. The van der Waals surface area contributed by atoms with Gasteiger partial charge in [0, 0.05) is 18.2 Å². The Morgan fingerprint density at radius 2 is 2.29 bits per heavy atom. The van der Waals surface area contributed by atoms with Gasteiger partial charge >= 0.3 is 0 Å². The molecule has 0 unspecified atom stereocenters. The van der Waals surface area contributed by atoms with E-state index in [0.717, 1.165) is 21.0 Å². The van der Waals surface area contributed by atoms with Crippen LogP contribution < -0.4 is 4.90 Å². The summed E-state index contributed by atoms with van der Waals surface area (Å²) in [6.07, 6.45) is 1.63. The summed E-state index contributed by atoms with van der Waals surface area (Å²) in [5.74, 6) is 0.712. The Hall–Kier alpha value is -2.07. The SMILES string of the molecule is COCN1c2cc(CO)ccc2Sc2c(C#N)ccnc21. The first-order chi connectivity index (χ1) is 10.3. The average Bonchev–Trinajstić information content (AvgIpc) is 2.54. The molecule has 0 amide bonds. The van der Waals surface area contributed by atoms with E-state index >= 15 is 0 Å². The van der Waals surface area contributed by atoms with E-state index in [1.54, 1.807) is 19.4 Å². The van der Waals surface area contributed by atoms with Crippen LogP contribution in [-0.2, 0) is 11.3 Å². The van der Waals surface area contributed by atoms with Crippen molar-refractivity contribution in [2.75, 3.05) is 18.7 Å². The first kappa shape index (κ1) is 13.9. The molecule has 0 aliphatic carbocycles. The standard InChI is InChI=1S/C15H13N3O2S/c1-20-9-18-12-6-10(8-19)2-3-13(12)21-14-11(7-16)4-5-17-15(14)18/h2-6,19H,8-9H2,1H3. The Labute approximate surface area is 126 Å². The number of aliphatic hydroxyl groups excluding tert-OH is 1. The molecule has 2 heterocycles. The molecular formula is C15H13N3O2S. The Morgan fingerprint density at radius 3 is 3.00 bits per heavy atom. The highest BCUT2D eigenvalue weighted by Gasteiger charge is 2.26. The van der Waals surface area contributed by atoms with Crippen molar-refractivity contribution < 1.29 is 9.84 Å². The molecular weight excluding hydrogens is 286 g/mol. The quantitative estimate of drug-likeness (QED) is 0.939. The second-order valence-electron chi connectivity index (χ2n) is 4.53. The molecule has 0 saturated carbocycles. The number of hydrogen-bond donors (Lipinski definition) is 1. The summed E-state index contributed by atoms with van der Waals surface area (Å²) in [7, 11) is 1.62. The van der Waals surface area contributed by atoms with Crippen LogP contribution in [0.2, 0.25) is 0 Å². The Morgan fingerprint density at radius 1 is 1.43 bits per heavy atom. The molecule has 6 heteroatoms. The van der Waals surface area contributed by atoms with Crippen molar-refractivity contribution >= 4 is 23.3 Å². The van der Waals surface area contributed by atoms with Crippen LogP contribution in [0.3, 0.4) is 0 Å². The minimum absolute atomic E-state index is 0.0166. The predicted molar refractivity (Wildman–Crippen MR) is 79.5 cm³/mol. The van der Waals surface area contributed by atoms with Gasteiger partial charge in [0.15, 0.2) is 0 Å². The molecule has 5 nitrogen and oxygen atoms in total. The van der Waals surface area contributed by atoms with Crippen LogP contribution >= 0.6 is 11.8 Å². The highest BCUT2D eigenvalue weighted by Crippen LogP contribution is 2.48. The van der Waals surface area contributed by atoms with Crippen molar-refractivity contribution in [3.63, 3.8) is 0 Å². The molecule has 2 aromatic rings. The van der Waals surface area contributed by atoms with E-state index in [9.17, 15) is 10.4 Å². The maximum atomic E-state index is 9.32. The van der Waals surface area contributed by atoms with Crippen molar-refractivity contribution in [3.05, 3.63) is 41.6 Å². The number of rotatable bonds is 3. The van der Waals surface area contributed by atoms with Crippen molar-refractivity contribution in [2.45, 2.75) is 16.4 Å². The molecule has 0 fully saturated rings. The summed E-state index contributed by atoms with van der Waals surface area (Å²) in [6.45, 7) is 0.314. The molecule has 106 valence electrons. The summed E-state index contributed by atoms with van der Waals surface area (Å²) in [5.41, 5.74) is 2.36. The molecule has 0 spiro atoms. The minimum Gasteiger partial charge on any atom is -0.392 e. The van der Waals surface area contributed by atoms with Gasteiger partial charge in [-0.25, -0.2) is 4.98 Å². The second kappa shape index (κ2) is 5.74. The molecule has 3 rings (SSSR count). The number of pyridine rings is 1. The zero-order valence-corrected chi connectivity index (χ0v) is 12.2. The number of methoxy groups -OCH3 is 1. The van der Waals surface area contributed by atoms with Crippen LogP contribution in [0.5, 0.6) is 0 Å². The number of benzene rings is 1. The van der Waals surface area contributed by atoms with E-state index in [1.807, 2.05) is 23.1 Å². The van der Waals surface area contributed by atoms with Gasteiger partial charge in [-0.3, -0.25) is 0 Å². The normalized spacial score (nSPS) is 12.5. The lowest BCUT2D eigenvalue weighted by Crippen LogP contribution is -2.24. The lowest BCUT2D eigenvalue weighted by molar-refractivity contribution is 0.205. The fraction of sp³-hybridized carbons (Fsp3) is 0.200. The van der Waals surface area contributed by atoms with Crippen LogP contribution in [0.15, 0.2) is 40.3 Å². The topological polar surface area (TPSA) is 69.4 Å². The molecule has 1 aromatic heterocycles. The van der Waals surface area contributed by atoms with Crippen LogP contribution in [0.25, 0.3) is 0 Å². The molecule has 0 bridgehead atoms. The van der Waals surface area contributed by atoms with Crippen LogP contribution in [0.4, 0.5) is 11.5 Å². The average molecular weight is 299 g/mol. The lowest BCUT2D eigenvalue weighted by Gasteiger charge is -2.31. The summed E-state index contributed by atoms with van der Waals surface area (Å²) in [4.78, 5) is 8.16. The van der Waals surface area contributed by atoms with Gasteiger partial charge in [-0.05, 0) is 23.8 Å². The van der Waals surface area contributed by atoms with E-state index in [1.165, 1.54) is 11.8 Å². The van der Waals surface area contributed by atoms with Crippen molar-refractivity contribution in [3.8, 4) is 6.07 Å². The zero-order valence-electron chi connectivity index (χ0n) is 11.4. The third-order valence-electron chi connectivity index (χ3n) is 3.23. The summed E-state index contributed by atoms with van der Waals surface area (Å²) in [6, 6.07) is 9.67. The number of anilines is 2. The van der Waals surface area contributed by atoms with E-state index in [-0.39, 0.29) is 6.61 Å². The number of aliphatic hydroxyl groups is 1. The number of nitrogens with zero attached hydrogens (tertiary/aromatic N) is 3. The Kier molecular flexibility index (Phi) is 3.80. The molecule has 0 atom stereocenters. The van der Waals surface area contributed by atoms with E-state index < -0.39 is 0 Å². The molecule has 21 heavy (non-hydrogen) atoms. The summed E-state index contributed by atoms with van der Waals surface area (Å²) < 4.78 is 5.27. The van der Waals surface area contributed by atoms with Gasteiger partial charge in [0.1, 0.15) is 18.6 Å². The van der Waals surface area contributed by atoms with Crippen molar-refractivity contribution in [1.82, 2.24) is 4.98 Å². The molecule has 1 aromatic carbocycles. The highest BCUT2D eigenvalue weighted by molar-refractivity contribution is 7.99. The number of hydrogen-bond acceptors (Lipinski definition) is 6. The van der Waals surface area contributed by atoms with Gasteiger partial charge < -0.3 is 14.7 Å². The second-order valence-corrected chi connectivity index (χ2v) is 5.58. The fourth-order valence-corrected chi connectivity index (χ4v) is 3.37. The van der Waals surface area contributed by atoms with Crippen LogP contribution in [0.1, 0.15) is 11.1 Å². The zero-order chi connectivity index (χ0) is 14.8. The Bertz CT molecular complexity index is 727. The third-order valence-corrected chi connectivity index (χ3v) is 4.40. The number of aromatic nitrogens is 1. The lowest BCUT2D eigenvalue weighted by atomic mass is 10.2. The van der Waals surface area contributed by atoms with Crippen LogP contribution in [-0.4, -0.2) is 23.9 Å². The predicted octanol–water partition coefficient (Wildman–Crippen LogP) is 2.65. The molecule has 1 N–H and O–H groups in total. The maximum absolute atomic E-state index is 9.32. The largest absolute Gasteiger partial charge is 0.392 e. The van der Waals surface area contributed by atoms with Gasteiger partial charge in [-0.15, -0.1) is 0 Å². The maximum Gasteiger partial charge on any atom is 0.150 e. The van der Waals surface area contributed by atoms with E-state index in [4.69, 9.17) is 4.74 Å². The molecule has 1 aliphatic heterocycles. The van der Waals surface area contributed by atoms with Crippen molar-refractivity contribution in [1.29, 1.82) is 5.26 Å². The summed E-state index contributed by atoms with van der Waals surface area (Å²) >= 11 is 1.52. The fourth-order valence-electron chi connectivity index (χ4n) is 2.26. The molecule has 1 aliphatic rings. The smallest absolute Gasteiger partial charge is 0.150 e. The highest BCUT2D eigenvalue weighted by atomic mass is 32.2. The first-order valence-corrected chi connectivity index (χ1v) is 7.17. The number of ether oxygens (including phenoxy) is 1. The van der Waals surface area contributed by atoms with Gasteiger partial charge in [0.2, 0.25) is 0 Å². The van der Waals surface area contributed by atoms with Crippen LogP contribution in [0, 0.1) is 11.3 Å². The minimum atomic E-state index is -0.0166. The van der Waals surface area contributed by atoms with Gasteiger partial charge in [0.25, 0.3) is 0 Å². The van der Waals surface area contributed by atoms with Gasteiger partial charge in [-0.1, -0.05) is 17.8 Å². The van der Waals surface area contributed by atoms with E-state index in [2.05, 4.69) is 11.1 Å². The molecule has 0 saturated heterocycles. The number of nitriles is 1. The van der Waals surface area contributed by atoms with Gasteiger partial charge in [0.05, 0.1) is 22.8 Å². The monoisotopic (exact) mass is 299 g/mol.